The summed E-state index contributed by atoms with van der Waals surface area (Å²) in [5.41, 5.74) is 2.34. The van der Waals surface area contributed by atoms with E-state index in [4.69, 9.17) is 0 Å². The van der Waals surface area contributed by atoms with E-state index in [9.17, 15) is 9.90 Å². The smallest absolute Gasteiger partial charge is 0.251 e. The van der Waals surface area contributed by atoms with Gasteiger partial charge in [-0.1, -0.05) is 62.1 Å². The third kappa shape index (κ3) is 9.62. The van der Waals surface area contributed by atoms with Crippen molar-refractivity contribution in [1.82, 2.24) is 20.3 Å². The fraction of sp³-hybridized carbons (Fsp3) is 0.267. The predicted octanol–water partition coefficient (Wildman–Crippen LogP) is 6.25. The molecule has 9 nitrogen and oxygen atoms in total. The lowest BCUT2D eigenvalue weighted by atomic mass is 10.1. The zero-order valence-electron chi connectivity index (χ0n) is 21.9. The Bertz CT molecular complexity index is 1290. The maximum Gasteiger partial charge on any atom is 0.251 e. The Morgan fingerprint density at radius 2 is 1.10 bits per heavy atom. The van der Waals surface area contributed by atoms with Gasteiger partial charge in [0.05, 0.1) is 0 Å². The van der Waals surface area contributed by atoms with Crippen LogP contribution in [0.15, 0.2) is 84.9 Å². The van der Waals surface area contributed by atoms with Crippen molar-refractivity contribution in [2.45, 2.75) is 38.5 Å². The topological polar surface area (TPSA) is 124 Å². The van der Waals surface area contributed by atoms with E-state index in [1.165, 1.54) is 0 Å². The van der Waals surface area contributed by atoms with Crippen LogP contribution >= 0.6 is 0 Å². The second-order valence-corrected chi connectivity index (χ2v) is 9.14. The number of para-hydroxylation sites is 1. The highest BCUT2D eigenvalue weighted by Gasteiger charge is 2.08. The van der Waals surface area contributed by atoms with Gasteiger partial charge in [-0.15, -0.1) is 0 Å². The van der Waals surface area contributed by atoms with Gasteiger partial charge in [0.1, 0.15) is 5.75 Å². The Hall–Kier alpha value is -4.66. The number of aromatic hydroxyl groups is 1. The number of nitrogens with one attached hydrogen (secondary N) is 4. The van der Waals surface area contributed by atoms with E-state index in [1.54, 1.807) is 24.3 Å². The number of hydrogen-bond donors (Lipinski definition) is 5. The molecular formula is C30H35N7O2. The van der Waals surface area contributed by atoms with Crippen molar-refractivity contribution < 1.29 is 9.90 Å². The van der Waals surface area contributed by atoms with Crippen LogP contribution in [0.25, 0.3) is 0 Å². The van der Waals surface area contributed by atoms with Crippen LogP contribution in [0.1, 0.15) is 48.9 Å². The minimum atomic E-state index is -0.0106. The van der Waals surface area contributed by atoms with Crippen LogP contribution in [0.5, 0.6) is 5.75 Å². The highest BCUT2D eigenvalue weighted by atomic mass is 16.3. The Labute approximate surface area is 229 Å². The first-order chi connectivity index (χ1) is 19.2. The van der Waals surface area contributed by atoms with E-state index in [-0.39, 0.29) is 11.7 Å². The summed E-state index contributed by atoms with van der Waals surface area (Å²) in [5.74, 6) is 1.50. The number of nitrogens with zero attached hydrogens (tertiary/aromatic N) is 3. The molecule has 5 N–H and O–H groups in total. The molecule has 0 atom stereocenters. The molecule has 0 unspecified atom stereocenters. The molecule has 0 saturated carbocycles. The molecule has 0 aliphatic heterocycles. The van der Waals surface area contributed by atoms with Crippen molar-refractivity contribution >= 4 is 35.1 Å². The quantitative estimate of drug-likeness (QED) is 0.0912. The van der Waals surface area contributed by atoms with Crippen LogP contribution in [0.3, 0.4) is 0 Å². The summed E-state index contributed by atoms with van der Waals surface area (Å²) < 4.78 is 0. The molecule has 1 amide bonds. The van der Waals surface area contributed by atoms with Crippen molar-refractivity contribution in [2.75, 3.05) is 29.0 Å². The van der Waals surface area contributed by atoms with E-state index >= 15 is 0 Å². The predicted molar refractivity (Wildman–Crippen MR) is 156 cm³/mol. The lowest BCUT2D eigenvalue weighted by Crippen LogP contribution is -2.24. The van der Waals surface area contributed by atoms with Crippen molar-refractivity contribution in [1.29, 1.82) is 0 Å². The van der Waals surface area contributed by atoms with Gasteiger partial charge in [-0.25, -0.2) is 0 Å². The van der Waals surface area contributed by atoms with E-state index in [1.807, 2.05) is 60.7 Å². The van der Waals surface area contributed by atoms with Crippen LogP contribution < -0.4 is 21.3 Å². The molecule has 9 heteroatoms. The van der Waals surface area contributed by atoms with Gasteiger partial charge in [-0.2, -0.15) is 15.0 Å². The van der Waals surface area contributed by atoms with Gasteiger partial charge >= 0.3 is 0 Å². The molecular weight excluding hydrogens is 490 g/mol. The Morgan fingerprint density at radius 3 is 1.74 bits per heavy atom. The third-order valence-corrected chi connectivity index (χ3v) is 6.00. The zero-order chi connectivity index (χ0) is 27.1. The van der Waals surface area contributed by atoms with E-state index < -0.39 is 0 Å². The summed E-state index contributed by atoms with van der Waals surface area (Å²) >= 11 is 0. The second kappa shape index (κ2) is 14.9. The summed E-state index contributed by atoms with van der Waals surface area (Å²) in [7, 11) is 0. The average Bonchev–Trinajstić information content (AvgIpc) is 2.96. The highest BCUT2D eigenvalue weighted by molar-refractivity contribution is 5.94. The number of aromatic nitrogens is 3. The Morgan fingerprint density at radius 1 is 0.590 bits per heavy atom. The number of anilines is 5. The molecule has 0 aliphatic rings. The largest absolute Gasteiger partial charge is 0.508 e. The van der Waals surface area contributed by atoms with Crippen molar-refractivity contribution in [3.8, 4) is 5.75 Å². The molecule has 0 radical (unpaired) electrons. The first kappa shape index (κ1) is 27.4. The van der Waals surface area contributed by atoms with Crippen LogP contribution in [0.4, 0.5) is 29.2 Å². The molecule has 202 valence electrons. The molecule has 1 aromatic heterocycles. The standard InChI is InChI=1S/C30H35N7O2/c38-26-19-17-25(18-20-26)34-30-36-28(35-29(37-30)33-24-15-9-6-10-16-24)32-22-12-4-2-1-3-11-21-31-27(39)23-13-7-5-8-14-23/h5-10,13-20,38H,1-4,11-12,21-22H2,(H,31,39)(H3,32,33,34,35,36,37). The van der Waals surface area contributed by atoms with E-state index in [2.05, 4.69) is 36.2 Å². The van der Waals surface area contributed by atoms with Gasteiger partial charge in [0, 0.05) is 30.0 Å². The van der Waals surface area contributed by atoms with Crippen molar-refractivity contribution in [3.05, 3.63) is 90.5 Å². The lowest BCUT2D eigenvalue weighted by Gasteiger charge is -2.11. The molecule has 0 spiro atoms. The number of phenolic OH excluding ortho intramolecular Hbond substituents is 1. The van der Waals surface area contributed by atoms with Crippen molar-refractivity contribution in [2.24, 2.45) is 0 Å². The third-order valence-electron chi connectivity index (χ3n) is 6.00. The molecule has 3 aromatic carbocycles. The molecule has 0 fully saturated rings. The number of phenols is 1. The second-order valence-electron chi connectivity index (χ2n) is 9.14. The number of rotatable bonds is 15. The minimum absolute atomic E-state index is 0.0106. The molecule has 0 bridgehead atoms. The van der Waals surface area contributed by atoms with Gasteiger partial charge in [0.25, 0.3) is 5.91 Å². The maximum atomic E-state index is 12.1. The summed E-state index contributed by atoms with van der Waals surface area (Å²) in [6, 6.07) is 25.8. The van der Waals surface area contributed by atoms with Gasteiger partial charge in [0.15, 0.2) is 0 Å². The normalized spacial score (nSPS) is 10.6. The van der Waals surface area contributed by atoms with Crippen molar-refractivity contribution in [3.63, 3.8) is 0 Å². The fourth-order valence-corrected chi connectivity index (χ4v) is 3.94. The lowest BCUT2D eigenvalue weighted by molar-refractivity contribution is 0.0953. The molecule has 0 aliphatic carbocycles. The summed E-state index contributed by atoms with van der Waals surface area (Å²) in [4.78, 5) is 25.6. The molecule has 4 aromatic rings. The number of unbranched alkanes of at least 4 members (excludes halogenated alkanes) is 5. The zero-order valence-corrected chi connectivity index (χ0v) is 21.9. The first-order valence-electron chi connectivity index (χ1n) is 13.4. The number of amides is 1. The number of benzene rings is 3. The Kier molecular flexibility index (Phi) is 10.5. The fourth-order valence-electron chi connectivity index (χ4n) is 3.94. The first-order valence-corrected chi connectivity index (χ1v) is 13.4. The molecule has 1 heterocycles. The van der Waals surface area contributed by atoms with Gasteiger partial charge in [-0.05, 0) is 61.4 Å². The maximum absolute atomic E-state index is 12.1. The van der Waals surface area contributed by atoms with Crippen LogP contribution in [0, 0.1) is 0 Å². The van der Waals surface area contributed by atoms with Crippen LogP contribution in [0.2, 0.25) is 0 Å². The summed E-state index contributed by atoms with van der Waals surface area (Å²) in [6.07, 6.45) is 6.45. The summed E-state index contributed by atoms with van der Waals surface area (Å²) in [5, 5.41) is 22.2. The monoisotopic (exact) mass is 525 g/mol. The summed E-state index contributed by atoms with van der Waals surface area (Å²) in [6.45, 7) is 1.45. The minimum Gasteiger partial charge on any atom is -0.508 e. The molecule has 39 heavy (non-hydrogen) atoms. The van der Waals surface area contributed by atoms with Gasteiger partial charge in [-0.3, -0.25) is 4.79 Å². The Balaban J connectivity index is 1.18. The molecule has 0 saturated heterocycles. The van der Waals surface area contributed by atoms with Gasteiger partial charge < -0.3 is 26.4 Å². The van der Waals surface area contributed by atoms with Crippen LogP contribution in [-0.4, -0.2) is 39.1 Å². The van der Waals surface area contributed by atoms with Gasteiger partial charge in [0.2, 0.25) is 17.8 Å². The number of carbonyl (C=O) groups excluding carboxylic acids is 1. The van der Waals surface area contributed by atoms with E-state index in [0.29, 0.717) is 30.0 Å². The number of carbonyl (C=O) groups is 1. The highest BCUT2D eigenvalue weighted by Crippen LogP contribution is 2.20. The number of hydrogen-bond acceptors (Lipinski definition) is 8. The SMILES string of the molecule is O=C(NCCCCCCCCNc1nc(Nc2ccccc2)nc(Nc2ccc(O)cc2)n1)c1ccccc1. The average molecular weight is 526 g/mol. The van der Waals surface area contributed by atoms with Crippen LogP contribution in [-0.2, 0) is 0 Å². The van der Waals surface area contributed by atoms with E-state index in [0.717, 1.165) is 56.4 Å². The molecule has 4 rings (SSSR count).